The topological polar surface area (TPSA) is 56.6 Å². The zero-order valence-corrected chi connectivity index (χ0v) is 14.4. The van der Waals surface area contributed by atoms with E-state index in [1.54, 1.807) is 11.2 Å². The summed E-state index contributed by atoms with van der Waals surface area (Å²) in [6.07, 6.45) is 2.47. The summed E-state index contributed by atoms with van der Waals surface area (Å²) in [5.41, 5.74) is 2.04. The molecule has 1 amide bonds. The van der Waals surface area contributed by atoms with Crippen LogP contribution >= 0.6 is 0 Å². The molecule has 0 unspecified atom stereocenters. The van der Waals surface area contributed by atoms with Crippen molar-refractivity contribution in [2.45, 2.75) is 25.9 Å². The third kappa shape index (κ3) is 3.99. The highest BCUT2D eigenvalue weighted by atomic mass is 19.1. The molecule has 0 saturated heterocycles. The summed E-state index contributed by atoms with van der Waals surface area (Å²) in [6, 6.07) is 5.57. The van der Waals surface area contributed by atoms with Crippen LogP contribution in [0.1, 0.15) is 18.3 Å². The number of imidazole rings is 1. The molecule has 0 fully saturated rings. The fourth-order valence-corrected chi connectivity index (χ4v) is 2.98. The summed E-state index contributed by atoms with van der Waals surface area (Å²) in [4.78, 5) is 18.8. The van der Waals surface area contributed by atoms with Crippen LogP contribution in [0.5, 0.6) is 5.75 Å². The maximum atomic E-state index is 12.9. The molecule has 0 N–H and O–H groups in total. The summed E-state index contributed by atoms with van der Waals surface area (Å²) >= 11 is 0. The van der Waals surface area contributed by atoms with Gasteiger partial charge in [0.2, 0.25) is 0 Å². The van der Waals surface area contributed by atoms with E-state index in [-0.39, 0.29) is 24.4 Å². The van der Waals surface area contributed by atoms with E-state index in [4.69, 9.17) is 9.47 Å². The molecule has 134 valence electrons. The summed E-state index contributed by atoms with van der Waals surface area (Å²) < 4.78 is 26.0. The van der Waals surface area contributed by atoms with E-state index in [1.165, 1.54) is 24.3 Å². The van der Waals surface area contributed by atoms with Crippen molar-refractivity contribution in [3.05, 3.63) is 47.8 Å². The third-order valence-electron chi connectivity index (χ3n) is 4.35. The maximum Gasteiger partial charge on any atom is 0.261 e. The van der Waals surface area contributed by atoms with Gasteiger partial charge in [0.1, 0.15) is 11.6 Å². The highest BCUT2D eigenvalue weighted by molar-refractivity contribution is 5.78. The molecule has 1 atom stereocenters. The second kappa shape index (κ2) is 7.65. The number of ether oxygens (including phenoxy) is 2. The second-order valence-corrected chi connectivity index (χ2v) is 6.03. The van der Waals surface area contributed by atoms with Crippen molar-refractivity contribution in [3.63, 3.8) is 0 Å². The monoisotopic (exact) mass is 347 g/mol. The van der Waals surface area contributed by atoms with Crippen molar-refractivity contribution in [1.82, 2.24) is 14.5 Å². The molecule has 0 aliphatic carbocycles. The number of amides is 1. The lowest BCUT2D eigenvalue weighted by atomic mass is 10.0. The molecule has 1 aliphatic heterocycles. The van der Waals surface area contributed by atoms with Gasteiger partial charge in [-0.1, -0.05) is 0 Å². The van der Waals surface area contributed by atoms with Crippen LogP contribution in [-0.4, -0.2) is 46.2 Å². The van der Waals surface area contributed by atoms with Crippen molar-refractivity contribution in [1.29, 1.82) is 0 Å². The van der Waals surface area contributed by atoms with Gasteiger partial charge in [-0.05, 0) is 31.2 Å². The Morgan fingerprint density at radius 2 is 2.12 bits per heavy atom. The SMILES string of the molecule is CCOC[C@H]1Cc2c(ncn2C)CN1C(=O)COc1ccc(F)cc1. The van der Waals surface area contributed by atoms with Crippen LogP contribution in [0.15, 0.2) is 30.6 Å². The molecule has 2 heterocycles. The van der Waals surface area contributed by atoms with E-state index in [2.05, 4.69) is 4.98 Å². The summed E-state index contributed by atoms with van der Waals surface area (Å²) in [5.74, 6) is -0.00820. The normalized spacial score (nSPS) is 16.6. The van der Waals surface area contributed by atoms with Crippen LogP contribution in [0.3, 0.4) is 0 Å². The lowest BCUT2D eigenvalue weighted by Crippen LogP contribution is -2.48. The summed E-state index contributed by atoms with van der Waals surface area (Å²) in [6.45, 7) is 3.35. The number of aromatic nitrogens is 2. The van der Waals surface area contributed by atoms with Crippen LogP contribution in [0, 0.1) is 5.82 Å². The van der Waals surface area contributed by atoms with Crippen LogP contribution in [0.2, 0.25) is 0 Å². The predicted molar refractivity (Wildman–Crippen MR) is 89.6 cm³/mol. The van der Waals surface area contributed by atoms with Gasteiger partial charge < -0.3 is 18.9 Å². The summed E-state index contributed by atoms with van der Waals surface area (Å²) in [5, 5.41) is 0. The molecule has 0 bridgehead atoms. The van der Waals surface area contributed by atoms with E-state index in [1.807, 2.05) is 18.5 Å². The van der Waals surface area contributed by atoms with Crippen molar-refractivity contribution in [3.8, 4) is 5.75 Å². The number of carbonyl (C=O) groups excluding carboxylic acids is 1. The third-order valence-corrected chi connectivity index (χ3v) is 4.35. The van der Waals surface area contributed by atoms with Gasteiger partial charge in [0.15, 0.2) is 6.61 Å². The lowest BCUT2D eigenvalue weighted by molar-refractivity contribution is -0.138. The molecule has 2 aromatic rings. The second-order valence-electron chi connectivity index (χ2n) is 6.03. The van der Waals surface area contributed by atoms with Gasteiger partial charge in [0.25, 0.3) is 5.91 Å². The van der Waals surface area contributed by atoms with Gasteiger partial charge in [-0.3, -0.25) is 4.79 Å². The van der Waals surface area contributed by atoms with Gasteiger partial charge in [-0.25, -0.2) is 9.37 Å². The van der Waals surface area contributed by atoms with Crippen molar-refractivity contribution in [2.75, 3.05) is 19.8 Å². The number of hydrogen-bond donors (Lipinski definition) is 0. The molecule has 0 saturated carbocycles. The number of halogens is 1. The average Bonchev–Trinajstić information content (AvgIpc) is 2.98. The Balaban J connectivity index is 1.68. The summed E-state index contributed by atoms with van der Waals surface area (Å²) in [7, 11) is 1.96. The largest absolute Gasteiger partial charge is 0.484 e. The number of aryl methyl sites for hydroxylation is 1. The van der Waals surface area contributed by atoms with Crippen molar-refractivity contribution in [2.24, 2.45) is 7.05 Å². The molecule has 1 aromatic carbocycles. The Bertz CT molecular complexity index is 730. The molecule has 1 aliphatic rings. The quantitative estimate of drug-likeness (QED) is 0.801. The van der Waals surface area contributed by atoms with E-state index in [0.717, 1.165) is 11.4 Å². The Hall–Kier alpha value is -2.41. The first-order chi connectivity index (χ1) is 12.1. The number of nitrogens with zero attached hydrogens (tertiary/aromatic N) is 3. The van der Waals surface area contributed by atoms with E-state index < -0.39 is 0 Å². The number of carbonyl (C=O) groups is 1. The number of rotatable bonds is 6. The van der Waals surface area contributed by atoms with Crippen LogP contribution in [0.25, 0.3) is 0 Å². The molecular formula is C18H22FN3O3. The number of hydrogen-bond acceptors (Lipinski definition) is 4. The van der Waals surface area contributed by atoms with E-state index in [0.29, 0.717) is 31.9 Å². The molecule has 1 aromatic heterocycles. The van der Waals surface area contributed by atoms with Crippen LogP contribution < -0.4 is 4.74 Å². The molecule has 7 heteroatoms. The molecule has 25 heavy (non-hydrogen) atoms. The van der Waals surface area contributed by atoms with Crippen LogP contribution in [0.4, 0.5) is 4.39 Å². The minimum Gasteiger partial charge on any atom is -0.484 e. The Morgan fingerprint density at radius 3 is 2.84 bits per heavy atom. The predicted octanol–water partition coefficient (Wildman–Crippen LogP) is 1.93. The van der Waals surface area contributed by atoms with Gasteiger partial charge in [-0.2, -0.15) is 0 Å². The fraction of sp³-hybridized carbons (Fsp3) is 0.444. The average molecular weight is 347 g/mol. The van der Waals surface area contributed by atoms with E-state index in [9.17, 15) is 9.18 Å². The zero-order chi connectivity index (χ0) is 17.8. The minimum absolute atomic E-state index is 0.0489. The van der Waals surface area contributed by atoms with Gasteiger partial charge in [0.05, 0.1) is 31.2 Å². The minimum atomic E-state index is -0.339. The Morgan fingerprint density at radius 1 is 1.36 bits per heavy atom. The van der Waals surface area contributed by atoms with Crippen LogP contribution in [-0.2, 0) is 29.5 Å². The first-order valence-corrected chi connectivity index (χ1v) is 8.33. The standard InChI is InChI=1S/C18H22FN3O3/c1-3-24-10-14-8-17-16(20-12-21(17)2)9-22(14)18(23)11-25-15-6-4-13(19)5-7-15/h4-7,12,14H,3,8-11H2,1-2H3/t14-/m1/s1. The van der Waals surface area contributed by atoms with Gasteiger partial charge in [-0.15, -0.1) is 0 Å². The molecule has 6 nitrogen and oxygen atoms in total. The van der Waals surface area contributed by atoms with E-state index >= 15 is 0 Å². The highest BCUT2D eigenvalue weighted by Gasteiger charge is 2.32. The van der Waals surface area contributed by atoms with Gasteiger partial charge >= 0.3 is 0 Å². The zero-order valence-electron chi connectivity index (χ0n) is 14.4. The Labute approximate surface area is 146 Å². The smallest absolute Gasteiger partial charge is 0.261 e. The lowest BCUT2D eigenvalue weighted by Gasteiger charge is -2.35. The van der Waals surface area contributed by atoms with Crippen molar-refractivity contribution >= 4 is 5.91 Å². The molecule has 0 radical (unpaired) electrons. The van der Waals surface area contributed by atoms with Gasteiger partial charge in [0, 0.05) is 25.8 Å². The number of benzene rings is 1. The maximum absolute atomic E-state index is 12.9. The first-order valence-electron chi connectivity index (χ1n) is 8.33. The molecule has 3 rings (SSSR count). The molecule has 0 spiro atoms. The fourth-order valence-electron chi connectivity index (χ4n) is 2.98. The molecular weight excluding hydrogens is 325 g/mol. The first kappa shape index (κ1) is 17.4. The van der Waals surface area contributed by atoms with Crippen molar-refractivity contribution < 1.29 is 18.7 Å². The highest BCUT2D eigenvalue weighted by Crippen LogP contribution is 2.23. The number of fused-ring (bicyclic) bond motifs is 1. The Kier molecular flexibility index (Phi) is 5.33.